The minimum Gasteiger partial charge on any atom is -0.394 e. The third-order valence-electron chi connectivity index (χ3n) is 6.90. The second-order valence-corrected chi connectivity index (χ2v) is 9.18. The molecule has 1 saturated carbocycles. The fourth-order valence-corrected chi connectivity index (χ4v) is 4.82. The Morgan fingerprint density at radius 3 is 2.36 bits per heavy atom. The van der Waals surface area contributed by atoms with E-state index in [4.69, 9.17) is 11.1 Å². The van der Waals surface area contributed by atoms with Gasteiger partial charge < -0.3 is 41.7 Å². The zero-order valence-corrected chi connectivity index (χ0v) is 19.0. The summed E-state index contributed by atoms with van der Waals surface area (Å²) in [6.45, 7) is 0.735. The summed E-state index contributed by atoms with van der Waals surface area (Å²) in [7, 11) is 0. The smallest absolute Gasteiger partial charge is 0.315 e. The predicted octanol–water partition coefficient (Wildman–Crippen LogP) is -1.38. The van der Waals surface area contributed by atoms with Crippen molar-refractivity contribution in [1.82, 2.24) is 25.8 Å². The maximum absolute atomic E-state index is 12.9. The average molecular weight is 468 g/mol. The van der Waals surface area contributed by atoms with Crippen LogP contribution in [0.5, 0.6) is 0 Å². The van der Waals surface area contributed by atoms with Gasteiger partial charge in [0.15, 0.2) is 5.96 Å². The molecule has 4 atom stereocenters. The van der Waals surface area contributed by atoms with Gasteiger partial charge in [0.2, 0.25) is 11.8 Å². The molecule has 0 aromatic heterocycles. The number of guanidine groups is 1. The lowest BCUT2D eigenvalue weighted by Crippen LogP contribution is -2.66. The van der Waals surface area contributed by atoms with Crippen molar-refractivity contribution in [2.45, 2.75) is 75.7 Å². The van der Waals surface area contributed by atoms with Crippen LogP contribution in [0.15, 0.2) is 0 Å². The van der Waals surface area contributed by atoms with E-state index in [0.29, 0.717) is 44.8 Å². The number of nitrogens with two attached hydrogens (primary N) is 1. The number of hydrogen-bond donors (Lipinski definition) is 7. The first kappa shape index (κ1) is 25.0. The van der Waals surface area contributed by atoms with E-state index in [1.165, 1.54) is 16.2 Å². The summed E-state index contributed by atoms with van der Waals surface area (Å²) in [4.78, 5) is 40.5. The number of aliphatic hydroxyl groups is 2. The Morgan fingerprint density at radius 1 is 1.03 bits per heavy atom. The first-order valence-electron chi connectivity index (χ1n) is 11.9. The highest BCUT2D eigenvalue weighted by molar-refractivity contribution is 5.93. The monoisotopic (exact) mass is 467 g/mol. The molecule has 3 rings (SSSR count). The van der Waals surface area contributed by atoms with Gasteiger partial charge in [0.1, 0.15) is 18.3 Å². The van der Waals surface area contributed by atoms with Gasteiger partial charge in [-0.3, -0.25) is 15.0 Å². The number of likely N-dealkylation sites (tertiary alicyclic amines) is 2. The van der Waals surface area contributed by atoms with E-state index in [0.717, 1.165) is 25.7 Å². The number of carbonyl (C=O) groups is 3. The molecule has 0 aromatic rings. The van der Waals surface area contributed by atoms with Crippen LogP contribution < -0.4 is 21.7 Å². The van der Waals surface area contributed by atoms with Gasteiger partial charge in [-0.25, -0.2) is 4.79 Å². The number of amides is 4. The molecule has 3 fully saturated rings. The second-order valence-electron chi connectivity index (χ2n) is 9.18. The fourth-order valence-electron chi connectivity index (χ4n) is 4.82. The van der Waals surface area contributed by atoms with E-state index in [9.17, 15) is 24.6 Å². The molecule has 1 unspecified atom stereocenters. The average Bonchev–Trinajstić information content (AvgIpc) is 2.77. The third kappa shape index (κ3) is 6.26. The minimum absolute atomic E-state index is 0.263. The van der Waals surface area contributed by atoms with Crippen LogP contribution >= 0.6 is 0 Å². The zero-order chi connectivity index (χ0) is 24.0. The molecule has 4 amide bonds. The summed E-state index contributed by atoms with van der Waals surface area (Å²) in [5.74, 6) is -0.764. The molecule has 12 nitrogen and oxygen atoms in total. The van der Waals surface area contributed by atoms with Crippen LogP contribution in [-0.4, -0.2) is 94.4 Å². The Labute approximate surface area is 193 Å². The van der Waals surface area contributed by atoms with E-state index in [-0.39, 0.29) is 5.96 Å². The number of nitrogens with zero attached hydrogens (tertiary/aromatic N) is 2. The van der Waals surface area contributed by atoms with Gasteiger partial charge in [-0.2, -0.15) is 0 Å². The number of piperidine rings is 1. The van der Waals surface area contributed by atoms with Crippen molar-refractivity contribution in [3.05, 3.63) is 0 Å². The molecule has 2 aliphatic heterocycles. The summed E-state index contributed by atoms with van der Waals surface area (Å²) in [6, 6.07) is -2.99. The van der Waals surface area contributed by atoms with Crippen molar-refractivity contribution in [2.75, 3.05) is 26.2 Å². The van der Waals surface area contributed by atoms with Crippen LogP contribution in [0.1, 0.15) is 51.4 Å². The predicted molar refractivity (Wildman–Crippen MR) is 120 cm³/mol. The first-order chi connectivity index (χ1) is 15.8. The quantitative estimate of drug-likeness (QED) is 0.178. The standard InChI is InChI=1S/C21H37N7O5/c22-20(23)28-9-4-7-14(18(28)31)25-17(30)16-8-10-27(16)19(32)15(12-29)26-21(33)24-11-13-5-2-1-3-6-13/h13-16,18,29,31H,1-12H2,(H3,22,23)(H,25,30)(H2,24,26,33)/t14-,15+,16-,18?/m0/s1. The molecule has 2 saturated heterocycles. The van der Waals surface area contributed by atoms with Gasteiger partial charge in [-0.15, -0.1) is 0 Å². The van der Waals surface area contributed by atoms with Gasteiger partial charge in [0.05, 0.1) is 12.6 Å². The van der Waals surface area contributed by atoms with Gasteiger partial charge in [-0.1, -0.05) is 19.3 Å². The summed E-state index contributed by atoms with van der Waals surface area (Å²) in [5.41, 5.74) is 5.48. The van der Waals surface area contributed by atoms with E-state index >= 15 is 0 Å². The van der Waals surface area contributed by atoms with Crippen LogP contribution in [0.25, 0.3) is 0 Å². The number of aliphatic hydroxyl groups excluding tert-OH is 2. The van der Waals surface area contributed by atoms with E-state index < -0.39 is 48.8 Å². The van der Waals surface area contributed by atoms with Crippen molar-refractivity contribution in [3.63, 3.8) is 0 Å². The zero-order valence-electron chi connectivity index (χ0n) is 19.0. The Kier molecular flexibility index (Phi) is 8.73. The van der Waals surface area contributed by atoms with Gasteiger partial charge >= 0.3 is 6.03 Å². The van der Waals surface area contributed by atoms with Crippen molar-refractivity contribution < 1.29 is 24.6 Å². The largest absolute Gasteiger partial charge is 0.394 e. The lowest BCUT2D eigenvalue weighted by molar-refractivity contribution is -0.150. The van der Waals surface area contributed by atoms with Gasteiger partial charge in [0.25, 0.3) is 0 Å². The lowest BCUT2D eigenvalue weighted by atomic mass is 9.89. The molecular formula is C21H37N7O5. The summed E-state index contributed by atoms with van der Waals surface area (Å²) in [6.07, 6.45) is 6.22. The third-order valence-corrected chi connectivity index (χ3v) is 6.90. The Balaban J connectivity index is 1.48. The lowest BCUT2D eigenvalue weighted by Gasteiger charge is -2.43. The van der Waals surface area contributed by atoms with Crippen LogP contribution in [0.2, 0.25) is 0 Å². The molecule has 3 aliphatic rings. The van der Waals surface area contributed by atoms with Crippen molar-refractivity contribution in [2.24, 2.45) is 11.7 Å². The molecule has 12 heteroatoms. The highest BCUT2D eigenvalue weighted by Gasteiger charge is 2.42. The first-order valence-corrected chi connectivity index (χ1v) is 11.9. The summed E-state index contributed by atoms with van der Waals surface area (Å²) in [5, 5.41) is 35.7. The number of hydrogen-bond acceptors (Lipinski definition) is 6. The summed E-state index contributed by atoms with van der Waals surface area (Å²) >= 11 is 0. The molecule has 0 radical (unpaired) electrons. The van der Waals surface area contributed by atoms with E-state index in [2.05, 4.69) is 16.0 Å². The van der Waals surface area contributed by atoms with Crippen LogP contribution in [0.3, 0.4) is 0 Å². The van der Waals surface area contributed by atoms with Crippen LogP contribution in [0.4, 0.5) is 4.79 Å². The SMILES string of the molecule is N=C(N)N1CCC[C@H](NC(=O)[C@@H]2CCN2C(=O)[C@@H](CO)NC(=O)NCC2CCCCC2)C1O. The maximum Gasteiger partial charge on any atom is 0.315 e. The number of nitrogens with one attached hydrogen (secondary N) is 4. The summed E-state index contributed by atoms with van der Waals surface area (Å²) < 4.78 is 0. The second kappa shape index (κ2) is 11.5. The van der Waals surface area contributed by atoms with Gasteiger partial charge in [0, 0.05) is 19.6 Å². The molecular weight excluding hydrogens is 430 g/mol. The van der Waals surface area contributed by atoms with Crippen molar-refractivity contribution in [1.29, 1.82) is 5.41 Å². The fraction of sp³-hybridized carbons (Fsp3) is 0.810. The number of urea groups is 1. The Bertz CT molecular complexity index is 730. The normalized spacial score (nSPS) is 26.7. The molecule has 0 aromatic carbocycles. The van der Waals surface area contributed by atoms with E-state index in [1.807, 2.05) is 0 Å². The molecule has 8 N–H and O–H groups in total. The Morgan fingerprint density at radius 2 is 1.76 bits per heavy atom. The highest BCUT2D eigenvalue weighted by atomic mass is 16.3. The minimum atomic E-state index is -1.14. The number of rotatable bonds is 7. The molecule has 1 aliphatic carbocycles. The molecule has 0 bridgehead atoms. The Hall–Kier alpha value is -2.60. The molecule has 2 heterocycles. The van der Waals surface area contributed by atoms with Crippen molar-refractivity contribution >= 4 is 23.8 Å². The topological polar surface area (TPSA) is 184 Å². The molecule has 186 valence electrons. The molecule has 0 spiro atoms. The van der Waals surface area contributed by atoms with Crippen molar-refractivity contribution in [3.8, 4) is 0 Å². The van der Waals surface area contributed by atoms with Crippen LogP contribution in [-0.2, 0) is 9.59 Å². The van der Waals surface area contributed by atoms with Crippen LogP contribution in [0, 0.1) is 11.3 Å². The maximum atomic E-state index is 12.9. The van der Waals surface area contributed by atoms with E-state index in [1.54, 1.807) is 0 Å². The van der Waals surface area contributed by atoms with Gasteiger partial charge in [-0.05, 0) is 38.0 Å². The highest BCUT2D eigenvalue weighted by Crippen LogP contribution is 2.23. The molecule has 33 heavy (non-hydrogen) atoms. The number of carbonyl (C=O) groups excluding carboxylic acids is 3.